The minimum atomic E-state index is -0.418. The number of hydrogen-bond donors (Lipinski definition) is 1. The summed E-state index contributed by atoms with van der Waals surface area (Å²) in [5, 5.41) is 0. The minimum absolute atomic E-state index is 0.251. The third kappa shape index (κ3) is 2.79. The number of aryl methyl sites for hydroxylation is 1. The van der Waals surface area contributed by atoms with E-state index in [1.807, 2.05) is 19.1 Å². The van der Waals surface area contributed by atoms with E-state index in [9.17, 15) is 9.18 Å². The third-order valence-corrected chi connectivity index (χ3v) is 3.25. The van der Waals surface area contributed by atoms with Gasteiger partial charge >= 0.3 is 0 Å². The van der Waals surface area contributed by atoms with Gasteiger partial charge in [-0.25, -0.2) is 4.39 Å². The number of hydrogen-bond acceptors (Lipinski definition) is 2. The third-order valence-electron chi connectivity index (χ3n) is 2.97. The van der Waals surface area contributed by atoms with Gasteiger partial charge in [0.05, 0.1) is 5.69 Å². The van der Waals surface area contributed by atoms with Gasteiger partial charge in [0.25, 0.3) is 5.91 Å². The molecule has 0 fully saturated rings. The van der Waals surface area contributed by atoms with Crippen LogP contribution < -0.4 is 4.90 Å². The zero-order chi connectivity index (χ0) is 14.0. The lowest BCUT2D eigenvalue weighted by Gasteiger charge is -2.19. The molecule has 0 radical (unpaired) electrons. The van der Waals surface area contributed by atoms with Crippen molar-refractivity contribution in [1.82, 2.24) is 0 Å². The predicted molar refractivity (Wildman–Crippen MR) is 77.6 cm³/mol. The zero-order valence-electron chi connectivity index (χ0n) is 10.7. The Kier molecular flexibility index (Phi) is 3.90. The average Bonchev–Trinajstić information content (AvgIpc) is 2.40. The Hall–Kier alpha value is -1.81. The molecule has 98 valence electrons. The summed E-state index contributed by atoms with van der Waals surface area (Å²) >= 11 is 4.23. The maximum atomic E-state index is 13.7. The molecule has 0 aromatic heterocycles. The van der Waals surface area contributed by atoms with Crippen molar-refractivity contribution in [3.8, 4) is 0 Å². The van der Waals surface area contributed by atoms with Crippen LogP contribution in [0.2, 0.25) is 0 Å². The fraction of sp³-hybridized carbons (Fsp3) is 0.133. The van der Waals surface area contributed by atoms with E-state index in [1.165, 1.54) is 11.0 Å². The SMILES string of the molecule is Cc1ccc(S)cc1C(=O)N(C)c1ccccc1F. The maximum absolute atomic E-state index is 13.7. The number of carbonyl (C=O) groups is 1. The van der Waals surface area contributed by atoms with Gasteiger partial charge in [-0.3, -0.25) is 4.79 Å². The van der Waals surface area contributed by atoms with E-state index in [4.69, 9.17) is 0 Å². The molecule has 0 aliphatic carbocycles. The van der Waals surface area contributed by atoms with Crippen LogP contribution >= 0.6 is 12.6 Å². The highest BCUT2D eigenvalue weighted by atomic mass is 32.1. The second-order valence-corrected chi connectivity index (χ2v) is 4.83. The molecule has 4 heteroatoms. The summed E-state index contributed by atoms with van der Waals surface area (Å²) in [6, 6.07) is 11.5. The summed E-state index contributed by atoms with van der Waals surface area (Å²) < 4.78 is 13.7. The highest BCUT2D eigenvalue weighted by Gasteiger charge is 2.18. The molecule has 0 unspecified atom stereocenters. The highest BCUT2D eigenvalue weighted by molar-refractivity contribution is 7.80. The van der Waals surface area contributed by atoms with E-state index >= 15 is 0 Å². The molecule has 0 saturated carbocycles. The molecule has 0 spiro atoms. The number of rotatable bonds is 2. The van der Waals surface area contributed by atoms with Gasteiger partial charge in [-0.1, -0.05) is 18.2 Å². The van der Waals surface area contributed by atoms with E-state index in [0.29, 0.717) is 10.5 Å². The molecule has 0 N–H and O–H groups in total. The van der Waals surface area contributed by atoms with Crippen LogP contribution in [0.15, 0.2) is 47.4 Å². The van der Waals surface area contributed by atoms with Crippen LogP contribution in [0, 0.1) is 12.7 Å². The zero-order valence-corrected chi connectivity index (χ0v) is 11.6. The number of para-hydroxylation sites is 1. The monoisotopic (exact) mass is 275 g/mol. The number of nitrogens with zero attached hydrogens (tertiary/aromatic N) is 1. The van der Waals surface area contributed by atoms with Crippen LogP contribution in [0.25, 0.3) is 0 Å². The molecule has 0 aliphatic heterocycles. The van der Waals surface area contributed by atoms with Crippen molar-refractivity contribution >= 4 is 24.2 Å². The van der Waals surface area contributed by atoms with Crippen LogP contribution in [0.5, 0.6) is 0 Å². The summed E-state index contributed by atoms with van der Waals surface area (Å²) in [7, 11) is 1.56. The molecule has 2 rings (SSSR count). The van der Waals surface area contributed by atoms with Gasteiger partial charge in [0.1, 0.15) is 5.82 Å². The van der Waals surface area contributed by atoms with E-state index in [0.717, 1.165) is 5.56 Å². The quantitative estimate of drug-likeness (QED) is 0.829. The van der Waals surface area contributed by atoms with Crippen LogP contribution in [0.1, 0.15) is 15.9 Å². The van der Waals surface area contributed by atoms with Gasteiger partial charge in [0.2, 0.25) is 0 Å². The van der Waals surface area contributed by atoms with Gasteiger partial charge in [-0.15, -0.1) is 12.6 Å². The summed E-state index contributed by atoms with van der Waals surface area (Å²) in [5.74, 6) is -0.670. The molecule has 19 heavy (non-hydrogen) atoms. The second kappa shape index (κ2) is 5.45. The minimum Gasteiger partial charge on any atom is -0.309 e. The van der Waals surface area contributed by atoms with Crippen molar-refractivity contribution in [3.05, 3.63) is 59.4 Å². The molecule has 1 amide bonds. The van der Waals surface area contributed by atoms with Crippen molar-refractivity contribution in [2.75, 3.05) is 11.9 Å². The van der Waals surface area contributed by atoms with Crippen LogP contribution in [-0.4, -0.2) is 13.0 Å². The molecule has 2 aromatic carbocycles. The van der Waals surface area contributed by atoms with Gasteiger partial charge < -0.3 is 4.90 Å². The van der Waals surface area contributed by atoms with Gasteiger partial charge in [-0.2, -0.15) is 0 Å². The van der Waals surface area contributed by atoms with Gasteiger partial charge in [-0.05, 0) is 36.8 Å². The van der Waals surface area contributed by atoms with E-state index < -0.39 is 5.82 Å². The van der Waals surface area contributed by atoms with Crippen molar-refractivity contribution in [3.63, 3.8) is 0 Å². The number of benzene rings is 2. The molecule has 2 nitrogen and oxygen atoms in total. The lowest BCUT2D eigenvalue weighted by molar-refractivity contribution is 0.0991. The van der Waals surface area contributed by atoms with Crippen molar-refractivity contribution in [1.29, 1.82) is 0 Å². The fourth-order valence-electron chi connectivity index (χ4n) is 1.85. The Labute approximate surface area is 117 Å². The first-order chi connectivity index (χ1) is 9.00. The fourth-order valence-corrected chi connectivity index (χ4v) is 2.06. The van der Waals surface area contributed by atoms with Gasteiger partial charge in [0, 0.05) is 17.5 Å². The Morgan fingerprint density at radius 3 is 2.58 bits per heavy atom. The molecule has 0 bridgehead atoms. The van der Waals surface area contributed by atoms with Gasteiger partial charge in [0.15, 0.2) is 0 Å². The number of carbonyl (C=O) groups excluding carboxylic acids is 1. The van der Waals surface area contributed by atoms with Crippen molar-refractivity contribution in [2.24, 2.45) is 0 Å². The summed E-state index contributed by atoms with van der Waals surface area (Å²) in [6.45, 7) is 1.84. The standard InChI is InChI=1S/C15H14FNOS/c1-10-7-8-11(19)9-12(10)15(18)17(2)14-6-4-3-5-13(14)16/h3-9,19H,1-2H3. The topological polar surface area (TPSA) is 20.3 Å². The van der Waals surface area contributed by atoms with E-state index in [-0.39, 0.29) is 11.6 Å². The molecule has 0 heterocycles. The normalized spacial score (nSPS) is 10.3. The smallest absolute Gasteiger partial charge is 0.258 e. The summed E-state index contributed by atoms with van der Waals surface area (Å²) in [6.07, 6.45) is 0. The molecule has 0 saturated heterocycles. The van der Waals surface area contributed by atoms with Crippen molar-refractivity contribution < 1.29 is 9.18 Å². The van der Waals surface area contributed by atoms with Crippen LogP contribution in [-0.2, 0) is 0 Å². The number of amides is 1. The Morgan fingerprint density at radius 2 is 1.89 bits per heavy atom. The lowest BCUT2D eigenvalue weighted by Crippen LogP contribution is -2.27. The Balaban J connectivity index is 2.39. The van der Waals surface area contributed by atoms with E-state index in [1.54, 1.807) is 31.3 Å². The number of thiol groups is 1. The molecule has 0 atom stereocenters. The Bertz CT molecular complexity index is 627. The average molecular weight is 275 g/mol. The molecular weight excluding hydrogens is 261 g/mol. The molecule has 0 aliphatic rings. The Morgan fingerprint density at radius 1 is 1.21 bits per heavy atom. The lowest BCUT2D eigenvalue weighted by atomic mass is 10.1. The summed E-state index contributed by atoms with van der Waals surface area (Å²) in [4.78, 5) is 14.4. The first-order valence-electron chi connectivity index (χ1n) is 5.83. The number of halogens is 1. The first kappa shape index (κ1) is 13.6. The highest BCUT2D eigenvalue weighted by Crippen LogP contribution is 2.22. The molecule has 2 aromatic rings. The first-order valence-corrected chi connectivity index (χ1v) is 6.27. The van der Waals surface area contributed by atoms with Crippen molar-refractivity contribution in [2.45, 2.75) is 11.8 Å². The predicted octanol–water partition coefficient (Wildman–Crippen LogP) is 3.70. The summed E-state index contributed by atoms with van der Waals surface area (Å²) in [5.41, 5.74) is 1.63. The van der Waals surface area contributed by atoms with E-state index in [2.05, 4.69) is 12.6 Å². The number of anilines is 1. The van der Waals surface area contributed by atoms with Crippen LogP contribution in [0.3, 0.4) is 0 Å². The maximum Gasteiger partial charge on any atom is 0.258 e. The largest absolute Gasteiger partial charge is 0.309 e. The molecular formula is C15H14FNOS. The second-order valence-electron chi connectivity index (χ2n) is 4.31. The van der Waals surface area contributed by atoms with Crippen LogP contribution in [0.4, 0.5) is 10.1 Å².